The van der Waals surface area contributed by atoms with Crippen molar-refractivity contribution in [2.75, 3.05) is 12.4 Å². The van der Waals surface area contributed by atoms with Gasteiger partial charge in [0.2, 0.25) is 5.95 Å². The first-order chi connectivity index (χ1) is 19.3. The van der Waals surface area contributed by atoms with Gasteiger partial charge in [-0.25, -0.2) is 9.55 Å². The lowest BCUT2D eigenvalue weighted by molar-refractivity contribution is -0.138. The second-order valence-electron chi connectivity index (χ2n) is 9.59. The molecule has 13 heteroatoms. The Kier molecular flexibility index (Phi) is 8.65. The molecule has 2 heterocycles. The zero-order chi connectivity index (χ0) is 30.2. The molecule has 0 spiro atoms. The number of hydrogen-bond acceptors (Lipinski definition) is 5. The van der Waals surface area contributed by atoms with Gasteiger partial charge in [-0.3, -0.25) is 14.4 Å². The molecule has 0 fully saturated rings. The van der Waals surface area contributed by atoms with Crippen molar-refractivity contribution in [3.63, 3.8) is 0 Å². The molecule has 2 N–H and O–H groups in total. The molecule has 0 radical (unpaired) electrons. The Morgan fingerprint density at radius 1 is 1.24 bits per heavy atom. The topological polar surface area (TPSA) is 96.3 Å². The van der Waals surface area contributed by atoms with Gasteiger partial charge in [-0.2, -0.15) is 13.2 Å². The first kappa shape index (κ1) is 30.3. The summed E-state index contributed by atoms with van der Waals surface area (Å²) >= 11 is 9.26. The summed E-state index contributed by atoms with van der Waals surface area (Å²) in [5, 5.41) is 5.75. The third-order valence-electron chi connectivity index (χ3n) is 6.79. The van der Waals surface area contributed by atoms with Crippen LogP contribution in [0.1, 0.15) is 51.4 Å². The van der Waals surface area contributed by atoms with Gasteiger partial charge < -0.3 is 15.5 Å². The molecule has 0 saturated heterocycles. The molecular formula is C28H26BrClF3N5O3. The molecule has 3 aromatic rings. The van der Waals surface area contributed by atoms with E-state index in [4.69, 9.17) is 11.6 Å². The molecule has 4 rings (SSSR count). The van der Waals surface area contributed by atoms with E-state index in [1.807, 2.05) is 0 Å². The van der Waals surface area contributed by atoms with Crippen molar-refractivity contribution < 1.29 is 22.8 Å². The van der Waals surface area contributed by atoms with Gasteiger partial charge in [0.25, 0.3) is 17.4 Å². The number of carbonyl (C=O) groups is 2. The SMILES string of the molecule is C=C[C@@H](C)Nc1nc2c(c(=O)n1-c1ccc(C(=O)NC)c(Cl)c1)C[C@@H](C)N(C(=O)c1ccc(Br)c(C(F)(F)F)c1)C2. The second kappa shape index (κ2) is 11.7. The van der Waals surface area contributed by atoms with E-state index < -0.39 is 29.2 Å². The molecule has 0 unspecified atom stereocenters. The Labute approximate surface area is 247 Å². The lowest BCUT2D eigenvalue weighted by Gasteiger charge is -2.35. The highest BCUT2D eigenvalue weighted by molar-refractivity contribution is 9.10. The Morgan fingerprint density at radius 2 is 1.95 bits per heavy atom. The van der Waals surface area contributed by atoms with E-state index in [0.717, 1.165) is 6.07 Å². The molecule has 216 valence electrons. The molecule has 8 nitrogen and oxygen atoms in total. The molecule has 2 atom stereocenters. The average molecular weight is 653 g/mol. The number of halogens is 5. The minimum atomic E-state index is -4.65. The van der Waals surface area contributed by atoms with Crippen LogP contribution in [-0.4, -0.2) is 45.4 Å². The van der Waals surface area contributed by atoms with Gasteiger partial charge in [-0.05, 0) is 56.7 Å². The normalized spacial score (nSPS) is 15.6. The summed E-state index contributed by atoms with van der Waals surface area (Å²) in [7, 11) is 1.48. The minimum Gasteiger partial charge on any atom is -0.355 e. The van der Waals surface area contributed by atoms with Gasteiger partial charge in [-0.1, -0.05) is 33.6 Å². The molecule has 2 aromatic carbocycles. The van der Waals surface area contributed by atoms with Crippen LogP contribution in [0.5, 0.6) is 0 Å². The minimum absolute atomic E-state index is 0.0870. The number of carbonyl (C=O) groups excluding carboxylic acids is 2. The molecule has 0 bridgehead atoms. The van der Waals surface area contributed by atoms with E-state index in [1.165, 1.54) is 40.8 Å². The Morgan fingerprint density at radius 3 is 2.56 bits per heavy atom. The van der Waals surface area contributed by atoms with Gasteiger partial charge in [0.1, 0.15) is 0 Å². The summed E-state index contributed by atoms with van der Waals surface area (Å²) in [4.78, 5) is 45.5. The number of aromatic nitrogens is 2. The first-order valence-corrected chi connectivity index (χ1v) is 13.7. The number of hydrogen-bond donors (Lipinski definition) is 2. The van der Waals surface area contributed by atoms with Crippen LogP contribution in [0.15, 0.2) is 58.3 Å². The maximum absolute atomic E-state index is 13.9. The Bertz CT molecular complexity index is 1610. The van der Waals surface area contributed by atoms with Crippen molar-refractivity contribution in [1.82, 2.24) is 19.8 Å². The standard InChI is InChI=1S/C28H26BrClF3N5O3/c1-5-14(2)35-27-36-23-13-37(25(40)16-6-9-21(29)20(11-16)28(31,32)33)15(3)10-19(23)26(41)38(27)17-7-8-18(22(30)12-17)24(39)34-4/h5-9,11-12,14-15H,1,10,13H2,2-4H3,(H,34,39)(H,35,36)/t14-,15-/m1/s1. The highest BCUT2D eigenvalue weighted by Gasteiger charge is 2.36. The van der Waals surface area contributed by atoms with E-state index in [1.54, 1.807) is 26.0 Å². The predicted molar refractivity (Wildman–Crippen MR) is 154 cm³/mol. The number of fused-ring (bicyclic) bond motifs is 1. The van der Waals surface area contributed by atoms with E-state index in [-0.39, 0.29) is 51.5 Å². The highest BCUT2D eigenvalue weighted by atomic mass is 79.9. The van der Waals surface area contributed by atoms with E-state index in [9.17, 15) is 27.6 Å². The lowest BCUT2D eigenvalue weighted by atomic mass is 9.98. The second-order valence-corrected chi connectivity index (χ2v) is 10.9. The molecule has 1 aliphatic heterocycles. The number of benzene rings is 2. The maximum atomic E-state index is 13.9. The van der Waals surface area contributed by atoms with Gasteiger partial charge in [0, 0.05) is 34.7 Å². The molecule has 0 saturated carbocycles. The molecule has 41 heavy (non-hydrogen) atoms. The summed E-state index contributed by atoms with van der Waals surface area (Å²) in [5.41, 5.74) is -0.222. The number of nitrogens with zero attached hydrogens (tertiary/aromatic N) is 3. The van der Waals surface area contributed by atoms with Crippen LogP contribution in [0.2, 0.25) is 5.02 Å². The monoisotopic (exact) mass is 651 g/mol. The van der Waals surface area contributed by atoms with Crippen LogP contribution in [0.4, 0.5) is 19.1 Å². The van der Waals surface area contributed by atoms with Crippen LogP contribution in [0.3, 0.4) is 0 Å². The van der Waals surface area contributed by atoms with Crippen LogP contribution in [0, 0.1) is 0 Å². The summed E-state index contributed by atoms with van der Waals surface area (Å²) in [5.74, 6) is -0.852. The zero-order valence-corrected chi connectivity index (χ0v) is 24.6. The summed E-state index contributed by atoms with van der Waals surface area (Å²) < 4.78 is 41.6. The fraction of sp³-hybridized carbons (Fsp3) is 0.286. The number of amides is 2. The zero-order valence-electron chi connectivity index (χ0n) is 22.3. The number of alkyl halides is 3. The van der Waals surface area contributed by atoms with Gasteiger partial charge in [0.15, 0.2) is 0 Å². The van der Waals surface area contributed by atoms with E-state index in [2.05, 4.69) is 38.1 Å². The van der Waals surface area contributed by atoms with Crippen LogP contribution >= 0.6 is 27.5 Å². The van der Waals surface area contributed by atoms with Gasteiger partial charge >= 0.3 is 6.18 Å². The van der Waals surface area contributed by atoms with Gasteiger partial charge in [-0.15, -0.1) is 6.58 Å². The third-order valence-corrected chi connectivity index (χ3v) is 7.79. The molecular weight excluding hydrogens is 627 g/mol. The fourth-order valence-electron chi connectivity index (χ4n) is 4.53. The van der Waals surface area contributed by atoms with Crippen LogP contribution < -0.4 is 16.2 Å². The lowest BCUT2D eigenvalue weighted by Crippen LogP contribution is -2.46. The van der Waals surface area contributed by atoms with E-state index >= 15 is 0 Å². The van der Waals surface area contributed by atoms with Crippen molar-refractivity contribution >= 4 is 45.3 Å². The van der Waals surface area contributed by atoms with Crippen molar-refractivity contribution in [2.45, 2.75) is 45.1 Å². The van der Waals surface area contributed by atoms with Crippen LogP contribution in [0.25, 0.3) is 5.69 Å². The molecule has 0 aliphatic carbocycles. The van der Waals surface area contributed by atoms with Crippen LogP contribution in [-0.2, 0) is 19.1 Å². The van der Waals surface area contributed by atoms with Gasteiger partial charge in [0.05, 0.1) is 34.1 Å². The average Bonchev–Trinajstić information content (AvgIpc) is 2.92. The molecule has 2 amide bonds. The Balaban J connectivity index is 1.79. The quantitative estimate of drug-likeness (QED) is 0.338. The number of rotatable bonds is 6. The summed E-state index contributed by atoms with van der Waals surface area (Å²) in [6.07, 6.45) is -2.91. The third kappa shape index (κ3) is 6.03. The Hall–Kier alpha value is -3.64. The fourth-order valence-corrected chi connectivity index (χ4v) is 5.26. The number of anilines is 1. The first-order valence-electron chi connectivity index (χ1n) is 12.5. The maximum Gasteiger partial charge on any atom is 0.417 e. The van der Waals surface area contributed by atoms with Crippen molar-refractivity contribution in [3.05, 3.63) is 96.9 Å². The highest BCUT2D eigenvalue weighted by Crippen LogP contribution is 2.36. The molecule has 1 aliphatic rings. The summed E-state index contributed by atoms with van der Waals surface area (Å²) in [6.45, 7) is 7.18. The summed E-state index contributed by atoms with van der Waals surface area (Å²) in [6, 6.07) is 7.05. The van der Waals surface area contributed by atoms with Crippen molar-refractivity contribution in [1.29, 1.82) is 0 Å². The largest absolute Gasteiger partial charge is 0.417 e. The number of nitrogens with one attached hydrogen (secondary N) is 2. The predicted octanol–water partition coefficient (Wildman–Crippen LogP) is 5.60. The van der Waals surface area contributed by atoms with Crippen molar-refractivity contribution in [2.24, 2.45) is 0 Å². The molecule has 1 aromatic heterocycles. The van der Waals surface area contributed by atoms with Crippen molar-refractivity contribution in [3.8, 4) is 5.69 Å². The smallest absolute Gasteiger partial charge is 0.355 e. The van der Waals surface area contributed by atoms with E-state index in [0.29, 0.717) is 16.9 Å².